The van der Waals surface area contributed by atoms with Gasteiger partial charge in [0.1, 0.15) is 5.82 Å². The lowest BCUT2D eigenvalue weighted by Gasteiger charge is -2.37. The van der Waals surface area contributed by atoms with Crippen LogP contribution in [0.5, 0.6) is 0 Å². The lowest BCUT2D eigenvalue weighted by molar-refractivity contribution is -0.140. The third-order valence-corrected chi connectivity index (χ3v) is 8.16. The molecule has 2 aliphatic heterocycles. The van der Waals surface area contributed by atoms with Crippen molar-refractivity contribution in [2.24, 2.45) is 11.8 Å². The van der Waals surface area contributed by atoms with E-state index in [1.54, 1.807) is 0 Å². The van der Waals surface area contributed by atoms with Gasteiger partial charge < -0.3 is 14.8 Å². The molecule has 32 heavy (non-hydrogen) atoms. The first-order valence-electron chi connectivity index (χ1n) is 12.8. The zero-order chi connectivity index (χ0) is 22.1. The largest absolute Gasteiger partial charge is 0.337 e. The molecule has 2 saturated carbocycles. The van der Waals surface area contributed by atoms with Crippen LogP contribution in [0.3, 0.4) is 0 Å². The summed E-state index contributed by atoms with van der Waals surface area (Å²) in [6.45, 7) is 1.75. The third-order valence-electron chi connectivity index (χ3n) is 8.16. The van der Waals surface area contributed by atoms with Gasteiger partial charge in [-0.1, -0.05) is 32.1 Å². The highest BCUT2D eigenvalue weighted by molar-refractivity contribution is 5.80. The Morgan fingerprint density at radius 1 is 0.812 bits per heavy atom. The second-order valence-electron chi connectivity index (χ2n) is 10.2. The maximum Gasteiger partial charge on any atom is 0.256 e. The van der Waals surface area contributed by atoms with E-state index in [0.717, 1.165) is 82.9 Å². The van der Waals surface area contributed by atoms with E-state index in [0.29, 0.717) is 30.9 Å². The highest BCUT2D eigenvalue weighted by Crippen LogP contribution is 2.34. The number of rotatable bonds is 3. The molecule has 1 N–H and O–H groups in total. The average molecular weight is 441 g/mol. The minimum absolute atomic E-state index is 0.119. The molecular formula is C25H36N4O3. The Morgan fingerprint density at radius 2 is 1.47 bits per heavy atom. The zero-order valence-electron chi connectivity index (χ0n) is 19.1. The minimum atomic E-state index is -0.134. The number of fused-ring (bicyclic) bond motifs is 1. The molecule has 2 aliphatic carbocycles. The van der Waals surface area contributed by atoms with Gasteiger partial charge >= 0.3 is 0 Å². The molecule has 1 atom stereocenters. The number of nitrogens with one attached hydrogen (secondary N) is 1. The van der Waals surface area contributed by atoms with E-state index in [1.165, 1.54) is 6.42 Å². The molecule has 0 aromatic carbocycles. The topological polar surface area (TPSA) is 86.4 Å². The predicted molar refractivity (Wildman–Crippen MR) is 121 cm³/mol. The van der Waals surface area contributed by atoms with Crippen LogP contribution in [-0.4, -0.2) is 44.7 Å². The second-order valence-corrected chi connectivity index (χ2v) is 10.2. The van der Waals surface area contributed by atoms with Gasteiger partial charge in [-0.25, -0.2) is 4.98 Å². The Kier molecular flexibility index (Phi) is 6.33. The SMILES string of the molecule is O=C(C1CCCCC1)N1CCc2nc(C3CCCCN3C(=O)C3CCCC3)[nH]c(=O)c2C1. The van der Waals surface area contributed by atoms with E-state index in [-0.39, 0.29) is 35.3 Å². The number of aromatic nitrogens is 2. The number of amides is 2. The van der Waals surface area contributed by atoms with Crippen molar-refractivity contribution >= 4 is 11.8 Å². The molecule has 0 bridgehead atoms. The van der Waals surface area contributed by atoms with Crippen LogP contribution < -0.4 is 5.56 Å². The van der Waals surface area contributed by atoms with Gasteiger partial charge in [-0.3, -0.25) is 14.4 Å². The van der Waals surface area contributed by atoms with Crippen molar-refractivity contribution < 1.29 is 9.59 Å². The van der Waals surface area contributed by atoms with Gasteiger partial charge in [0, 0.05) is 31.3 Å². The van der Waals surface area contributed by atoms with E-state index < -0.39 is 0 Å². The molecule has 1 saturated heterocycles. The normalized spacial score (nSPS) is 25.1. The van der Waals surface area contributed by atoms with Crippen LogP contribution in [0.15, 0.2) is 4.79 Å². The van der Waals surface area contributed by atoms with Crippen molar-refractivity contribution in [1.82, 2.24) is 19.8 Å². The van der Waals surface area contributed by atoms with Gasteiger partial charge in [0.05, 0.1) is 23.8 Å². The molecule has 2 amide bonds. The van der Waals surface area contributed by atoms with Crippen LogP contribution in [-0.2, 0) is 22.6 Å². The van der Waals surface area contributed by atoms with E-state index in [9.17, 15) is 14.4 Å². The summed E-state index contributed by atoms with van der Waals surface area (Å²) in [5.41, 5.74) is 1.31. The molecular weight excluding hydrogens is 404 g/mol. The number of carbonyl (C=O) groups is 2. The highest BCUT2D eigenvalue weighted by atomic mass is 16.2. The first-order chi connectivity index (χ1) is 15.6. The Hall–Kier alpha value is -2.18. The third kappa shape index (κ3) is 4.23. The van der Waals surface area contributed by atoms with Gasteiger partial charge in [-0.15, -0.1) is 0 Å². The Balaban J connectivity index is 1.34. The van der Waals surface area contributed by atoms with Crippen molar-refractivity contribution in [3.63, 3.8) is 0 Å². The molecule has 174 valence electrons. The Morgan fingerprint density at radius 3 is 2.22 bits per heavy atom. The van der Waals surface area contributed by atoms with Crippen LogP contribution in [0, 0.1) is 11.8 Å². The quantitative estimate of drug-likeness (QED) is 0.780. The molecule has 3 heterocycles. The summed E-state index contributed by atoms with van der Waals surface area (Å²) in [5, 5.41) is 0. The number of likely N-dealkylation sites (tertiary alicyclic amines) is 1. The first kappa shape index (κ1) is 21.7. The van der Waals surface area contributed by atoms with Crippen molar-refractivity contribution in [2.45, 2.75) is 96.1 Å². The number of hydrogen-bond acceptors (Lipinski definition) is 4. The standard InChI is InChI=1S/C25H36N4O3/c30-23-19-16-28(24(31)17-8-2-1-3-9-17)15-13-20(19)26-22(27-23)21-12-6-7-14-29(21)25(32)18-10-4-5-11-18/h17-18,21H,1-16H2,(H,26,27,30). The molecule has 0 radical (unpaired) electrons. The summed E-state index contributed by atoms with van der Waals surface area (Å²) in [4.78, 5) is 51.0. The lowest BCUT2D eigenvalue weighted by atomic mass is 9.88. The summed E-state index contributed by atoms with van der Waals surface area (Å²) in [5.74, 6) is 1.36. The van der Waals surface area contributed by atoms with Gasteiger partial charge in [0.2, 0.25) is 11.8 Å². The zero-order valence-corrected chi connectivity index (χ0v) is 19.1. The van der Waals surface area contributed by atoms with Crippen LogP contribution in [0.1, 0.15) is 100 Å². The fourth-order valence-corrected chi connectivity index (χ4v) is 6.28. The Labute approximate surface area is 190 Å². The summed E-state index contributed by atoms with van der Waals surface area (Å²) in [7, 11) is 0. The van der Waals surface area contributed by atoms with Gasteiger partial charge in [-0.2, -0.15) is 0 Å². The van der Waals surface area contributed by atoms with E-state index >= 15 is 0 Å². The monoisotopic (exact) mass is 440 g/mol. The number of aromatic amines is 1. The summed E-state index contributed by atoms with van der Waals surface area (Å²) >= 11 is 0. The number of carbonyl (C=O) groups excluding carboxylic acids is 2. The maximum absolute atomic E-state index is 13.2. The molecule has 0 spiro atoms. The number of H-pyrrole nitrogens is 1. The van der Waals surface area contributed by atoms with E-state index in [4.69, 9.17) is 4.98 Å². The maximum atomic E-state index is 13.2. The Bertz CT molecular complexity index is 914. The molecule has 1 aromatic heterocycles. The first-order valence-corrected chi connectivity index (χ1v) is 12.8. The van der Waals surface area contributed by atoms with Gasteiger partial charge in [-0.05, 0) is 44.9 Å². The van der Waals surface area contributed by atoms with E-state index in [1.807, 2.05) is 9.80 Å². The second kappa shape index (κ2) is 9.36. The number of nitrogens with zero attached hydrogens (tertiary/aromatic N) is 3. The van der Waals surface area contributed by atoms with Crippen molar-refractivity contribution in [3.05, 3.63) is 27.4 Å². The summed E-state index contributed by atoms with van der Waals surface area (Å²) in [6, 6.07) is -0.128. The summed E-state index contributed by atoms with van der Waals surface area (Å²) < 4.78 is 0. The lowest BCUT2D eigenvalue weighted by Crippen LogP contribution is -2.45. The fraction of sp³-hybridized carbons (Fsp3) is 0.760. The van der Waals surface area contributed by atoms with Crippen LogP contribution in [0.4, 0.5) is 0 Å². The average Bonchev–Trinajstić information content (AvgIpc) is 3.38. The van der Waals surface area contributed by atoms with E-state index in [2.05, 4.69) is 4.98 Å². The number of hydrogen-bond donors (Lipinski definition) is 1. The number of piperidine rings is 1. The molecule has 1 unspecified atom stereocenters. The fourth-order valence-electron chi connectivity index (χ4n) is 6.28. The highest BCUT2D eigenvalue weighted by Gasteiger charge is 2.36. The van der Waals surface area contributed by atoms with Crippen molar-refractivity contribution in [2.75, 3.05) is 13.1 Å². The summed E-state index contributed by atoms with van der Waals surface area (Å²) in [6.07, 6.45) is 13.2. The van der Waals surface area contributed by atoms with Crippen molar-refractivity contribution in [1.29, 1.82) is 0 Å². The van der Waals surface area contributed by atoms with Gasteiger partial charge in [0.15, 0.2) is 0 Å². The molecule has 7 heteroatoms. The smallest absolute Gasteiger partial charge is 0.256 e. The molecule has 4 aliphatic rings. The molecule has 5 rings (SSSR count). The van der Waals surface area contributed by atoms with Crippen LogP contribution in [0.2, 0.25) is 0 Å². The molecule has 7 nitrogen and oxygen atoms in total. The minimum Gasteiger partial charge on any atom is -0.337 e. The molecule has 3 fully saturated rings. The predicted octanol–water partition coefficient (Wildman–Crippen LogP) is 3.48. The van der Waals surface area contributed by atoms with Crippen LogP contribution in [0.25, 0.3) is 0 Å². The molecule has 1 aromatic rings. The van der Waals surface area contributed by atoms with Crippen LogP contribution >= 0.6 is 0 Å². The van der Waals surface area contributed by atoms with Crippen molar-refractivity contribution in [3.8, 4) is 0 Å². The van der Waals surface area contributed by atoms with Gasteiger partial charge in [0.25, 0.3) is 5.56 Å².